The lowest BCUT2D eigenvalue weighted by Crippen LogP contribution is -2.40. The molecule has 1 amide bonds. The molecule has 0 spiro atoms. The molecule has 1 fully saturated rings. The molecular formula is C27H29ClN2O3S. The largest absolute Gasteiger partial charge is 0.338 e. The molecule has 34 heavy (non-hydrogen) atoms. The SMILES string of the molecule is Cc1ccc(S(=O)(=O)N(Cc2ccc(Cl)cc2)c2ccccc2C(=O)N2CCC[C@H](C)C2)cc1. The van der Waals surface area contributed by atoms with E-state index in [1.54, 1.807) is 72.8 Å². The van der Waals surface area contributed by atoms with Gasteiger partial charge in [0.15, 0.2) is 0 Å². The van der Waals surface area contributed by atoms with Gasteiger partial charge in [-0.25, -0.2) is 8.42 Å². The third-order valence-corrected chi connectivity index (χ3v) is 8.22. The average molecular weight is 497 g/mol. The predicted molar refractivity (Wildman–Crippen MR) is 137 cm³/mol. The highest BCUT2D eigenvalue weighted by Crippen LogP contribution is 2.31. The minimum absolute atomic E-state index is 0.0775. The van der Waals surface area contributed by atoms with Gasteiger partial charge in [-0.3, -0.25) is 9.10 Å². The monoisotopic (exact) mass is 496 g/mol. The van der Waals surface area contributed by atoms with Crippen molar-refractivity contribution in [2.75, 3.05) is 17.4 Å². The first kappa shape index (κ1) is 24.3. The Balaban J connectivity index is 1.80. The standard InChI is InChI=1S/C27H29ClN2O3S/c1-20-9-15-24(16-10-20)34(32,33)30(19-22-11-13-23(28)14-12-22)26-8-4-3-7-25(26)27(31)29-17-5-6-21(2)18-29/h3-4,7-16,21H,5-6,17-19H2,1-2H3/t21-/m0/s1. The number of amides is 1. The van der Waals surface area contributed by atoms with E-state index in [4.69, 9.17) is 11.6 Å². The second-order valence-corrected chi connectivity index (χ2v) is 11.3. The molecule has 1 aliphatic heterocycles. The normalized spacial score (nSPS) is 16.3. The number of nitrogens with zero attached hydrogens (tertiary/aromatic N) is 2. The maximum atomic E-state index is 13.9. The summed E-state index contributed by atoms with van der Waals surface area (Å²) in [7, 11) is -3.95. The molecule has 0 radical (unpaired) electrons. The van der Waals surface area contributed by atoms with Crippen LogP contribution in [0.2, 0.25) is 5.02 Å². The van der Waals surface area contributed by atoms with E-state index in [1.807, 2.05) is 11.8 Å². The molecule has 1 saturated heterocycles. The van der Waals surface area contributed by atoms with Gasteiger partial charge in [0.1, 0.15) is 0 Å². The molecule has 4 rings (SSSR count). The summed E-state index contributed by atoms with van der Waals surface area (Å²) in [5.74, 6) is 0.286. The molecule has 0 aromatic heterocycles. The van der Waals surface area contributed by atoms with Crippen LogP contribution in [0.1, 0.15) is 41.3 Å². The predicted octanol–water partition coefficient (Wildman–Crippen LogP) is 5.92. The number of halogens is 1. The highest BCUT2D eigenvalue weighted by atomic mass is 35.5. The Morgan fingerprint density at radius 3 is 2.38 bits per heavy atom. The number of sulfonamides is 1. The summed E-state index contributed by atoms with van der Waals surface area (Å²) in [5, 5.41) is 0.575. The second kappa shape index (κ2) is 10.2. The highest BCUT2D eigenvalue weighted by Gasteiger charge is 2.31. The van der Waals surface area contributed by atoms with Crippen molar-refractivity contribution in [2.24, 2.45) is 5.92 Å². The Labute approximate surface area is 207 Å². The Hall–Kier alpha value is -2.83. The summed E-state index contributed by atoms with van der Waals surface area (Å²) < 4.78 is 29.1. The van der Waals surface area contributed by atoms with Crippen molar-refractivity contribution in [3.63, 3.8) is 0 Å². The van der Waals surface area contributed by atoms with E-state index in [1.165, 1.54) is 4.31 Å². The van der Waals surface area contributed by atoms with Gasteiger partial charge >= 0.3 is 0 Å². The molecule has 1 aliphatic rings. The molecule has 0 saturated carbocycles. The van der Waals surface area contributed by atoms with Gasteiger partial charge in [-0.1, -0.05) is 60.5 Å². The lowest BCUT2D eigenvalue weighted by atomic mass is 9.99. The van der Waals surface area contributed by atoms with E-state index < -0.39 is 10.0 Å². The van der Waals surface area contributed by atoms with Gasteiger partial charge < -0.3 is 4.90 Å². The topological polar surface area (TPSA) is 57.7 Å². The number of hydrogen-bond donors (Lipinski definition) is 0. The number of para-hydroxylation sites is 1. The zero-order valence-electron chi connectivity index (χ0n) is 19.4. The number of piperidine rings is 1. The van der Waals surface area contributed by atoms with Gasteiger partial charge in [-0.05, 0) is 67.6 Å². The van der Waals surface area contributed by atoms with Crippen molar-refractivity contribution < 1.29 is 13.2 Å². The Morgan fingerprint density at radius 1 is 1.03 bits per heavy atom. The summed E-state index contributed by atoms with van der Waals surface area (Å²) in [6.07, 6.45) is 2.04. The number of anilines is 1. The minimum Gasteiger partial charge on any atom is -0.338 e. The number of aryl methyl sites for hydroxylation is 1. The first-order chi connectivity index (χ1) is 16.3. The van der Waals surface area contributed by atoms with E-state index in [-0.39, 0.29) is 17.3 Å². The van der Waals surface area contributed by atoms with Crippen molar-refractivity contribution in [1.82, 2.24) is 4.90 Å². The van der Waals surface area contributed by atoms with Crippen molar-refractivity contribution in [3.8, 4) is 0 Å². The Morgan fingerprint density at radius 2 is 1.71 bits per heavy atom. The smallest absolute Gasteiger partial charge is 0.264 e. The molecule has 0 bridgehead atoms. The van der Waals surface area contributed by atoms with E-state index in [2.05, 4.69) is 6.92 Å². The molecule has 178 valence electrons. The highest BCUT2D eigenvalue weighted by molar-refractivity contribution is 7.92. The fraction of sp³-hybridized carbons (Fsp3) is 0.296. The van der Waals surface area contributed by atoms with E-state index in [0.717, 1.165) is 24.0 Å². The lowest BCUT2D eigenvalue weighted by Gasteiger charge is -2.33. The average Bonchev–Trinajstić information content (AvgIpc) is 2.83. The summed E-state index contributed by atoms with van der Waals surface area (Å²) in [4.78, 5) is 15.6. The fourth-order valence-electron chi connectivity index (χ4n) is 4.31. The van der Waals surface area contributed by atoms with Crippen LogP contribution in [0.15, 0.2) is 77.7 Å². The Bertz CT molecular complexity index is 1260. The molecular weight excluding hydrogens is 468 g/mol. The fourth-order valence-corrected chi connectivity index (χ4v) is 5.91. The van der Waals surface area contributed by atoms with Gasteiger partial charge in [-0.15, -0.1) is 0 Å². The summed E-state index contributed by atoms with van der Waals surface area (Å²) in [6, 6.07) is 20.8. The van der Waals surface area contributed by atoms with Crippen LogP contribution < -0.4 is 4.31 Å². The molecule has 1 heterocycles. The number of benzene rings is 3. The van der Waals surface area contributed by atoms with Crippen LogP contribution in [0.5, 0.6) is 0 Å². The summed E-state index contributed by atoms with van der Waals surface area (Å²) >= 11 is 6.05. The van der Waals surface area contributed by atoms with E-state index in [9.17, 15) is 13.2 Å². The number of carbonyl (C=O) groups is 1. The number of carbonyl (C=O) groups excluding carboxylic acids is 1. The zero-order chi connectivity index (χ0) is 24.3. The molecule has 0 N–H and O–H groups in total. The van der Waals surface area contributed by atoms with Crippen molar-refractivity contribution in [1.29, 1.82) is 0 Å². The van der Waals surface area contributed by atoms with Gasteiger partial charge in [0.2, 0.25) is 0 Å². The third-order valence-electron chi connectivity index (χ3n) is 6.20. The molecule has 0 aliphatic carbocycles. The van der Waals surface area contributed by atoms with Gasteiger partial charge in [0.05, 0.1) is 22.7 Å². The van der Waals surface area contributed by atoms with Gasteiger partial charge in [0, 0.05) is 18.1 Å². The second-order valence-electron chi connectivity index (χ2n) is 8.97. The zero-order valence-corrected chi connectivity index (χ0v) is 21.0. The minimum atomic E-state index is -3.95. The van der Waals surface area contributed by atoms with Gasteiger partial charge in [-0.2, -0.15) is 0 Å². The maximum Gasteiger partial charge on any atom is 0.264 e. The first-order valence-corrected chi connectivity index (χ1v) is 13.3. The molecule has 0 unspecified atom stereocenters. The molecule has 3 aromatic carbocycles. The summed E-state index contributed by atoms with van der Waals surface area (Å²) in [5.41, 5.74) is 2.51. The van der Waals surface area contributed by atoms with Crippen LogP contribution in [-0.2, 0) is 16.6 Å². The molecule has 7 heteroatoms. The lowest BCUT2D eigenvalue weighted by molar-refractivity contribution is 0.0684. The van der Waals surface area contributed by atoms with Crippen LogP contribution in [0, 0.1) is 12.8 Å². The van der Waals surface area contributed by atoms with Crippen molar-refractivity contribution in [2.45, 2.75) is 38.1 Å². The number of likely N-dealkylation sites (tertiary alicyclic amines) is 1. The number of hydrogen-bond acceptors (Lipinski definition) is 3. The van der Waals surface area contributed by atoms with Crippen molar-refractivity contribution >= 4 is 33.2 Å². The van der Waals surface area contributed by atoms with Crippen LogP contribution in [0.25, 0.3) is 0 Å². The van der Waals surface area contributed by atoms with E-state index >= 15 is 0 Å². The third kappa shape index (κ3) is 5.29. The quantitative estimate of drug-likeness (QED) is 0.426. The Kier molecular flexibility index (Phi) is 7.29. The maximum absolute atomic E-state index is 13.9. The van der Waals surface area contributed by atoms with Crippen LogP contribution in [-0.4, -0.2) is 32.3 Å². The van der Waals surface area contributed by atoms with E-state index in [0.29, 0.717) is 35.3 Å². The summed E-state index contributed by atoms with van der Waals surface area (Å²) in [6.45, 7) is 5.48. The first-order valence-electron chi connectivity index (χ1n) is 11.5. The van der Waals surface area contributed by atoms with Crippen LogP contribution >= 0.6 is 11.6 Å². The molecule has 1 atom stereocenters. The molecule has 5 nitrogen and oxygen atoms in total. The van der Waals surface area contributed by atoms with Crippen molar-refractivity contribution in [3.05, 3.63) is 94.5 Å². The van der Waals surface area contributed by atoms with Crippen LogP contribution in [0.4, 0.5) is 5.69 Å². The number of rotatable bonds is 6. The van der Waals surface area contributed by atoms with Gasteiger partial charge in [0.25, 0.3) is 15.9 Å². The van der Waals surface area contributed by atoms with Crippen LogP contribution in [0.3, 0.4) is 0 Å². The molecule has 3 aromatic rings.